The van der Waals surface area contributed by atoms with Gasteiger partial charge in [-0.3, -0.25) is 9.78 Å². The van der Waals surface area contributed by atoms with Crippen molar-refractivity contribution in [3.63, 3.8) is 0 Å². The lowest BCUT2D eigenvalue weighted by Crippen LogP contribution is -2.55. The molecule has 0 N–H and O–H groups in total. The lowest BCUT2D eigenvalue weighted by molar-refractivity contribution is 0.0281. The average Bonchev–Trinajstić information content (AvgIpc) is 3.35. The summed E-state index contributed by atoms with van der Waals surface area (Å²) >= 11 is 0. The minimum Gasteiger partial charge on any atom is -0.450 e. The average molecular weight is 493 g/mol. The number of halogens is 1. The number of likely N-dealkylation sites (tertiary alicyclic amines) is 1. The maximum absolute atomic E-state index is 14.4. The van der Waals surface area contributed by atoms with Gasteiger partial charge < -0.3 is 19.4 Å². The van der Waals surface area contributed by atoms with Crippen molar-refractivity contribution in [1.29, 1.82) is 0 Å². The molecular formula is C28H33FN4O3. The molecule has 3 saturated heterocycles. The minimum absolute atomic E-state index is 0.0625. The molecule has 6 rings (SSSR count). The van der Waals surface area contributed by atoms with E-state index in [4.69, 9.17) is 4.74 Å². The SMILES string of the molecule is CCOC(=O)N1C2CCC1CC(N1CCC3(CC1)CN(C(=O)c1ccncc1)c1ccc(F)cc13)C2. The van der Waals surface area contributed by atoms with Gasteiger partial charge in [0, 0.05) is 53.7 Å². The van der Waals surface area contributed by atoms with E-state index in [9.17, 15) is 14.0 Å². The Bertz CT molecular complexity index is 1140. The zero-order valence-electron chi connectivity index (χ0n) is 20.7. The van der Waals surface area contributed by atoms with Crippen LogP contribution in [-0.4, -0.2) is 71.2 Å². The normalized spacial score (nSPS) is 26.8. The molecule has 1 aromatic heterocycles. The maximum atomic E-state index is 14.4. The Labute approximate surface area is 211 Å². The second-order valence-corrected chi connectivity index (χ2v) is 10.7. The molecule has 190 valence electrons. The third-order valence-corrected chi connectivity index (χ3v) is 8.91. The van der Waals surface area contributed by atoms with Crippen LogP contribution in [0.3, 0.4) is 0 Å². The molecule has 0 saturated carbocycles. The first-order chi connectivity index (χ1) is 17.5. The number of amides is 2. The van der Waals surface area contributed by atoms with E-state index < -0.39 is 0 Å². The van der Waals surface area contributed by atoms with E-state index in [2.05, 4.69) is 9.88 Å². The zero-order valence-corrected chi connectivity index (χ0v) is 20.7. The second kappa shape index (κ2) is 9.14. The van der Waals surface area contributed by atoms with Gasteiger partial charge in [-0.25, -0.2) is 9.18 Å². The Hall–Kier alpha value is -3.00. The van der Waals surface area contributed by atoms with Crippen LogP contribution in [0.1, 0.15) is 61.4 Å². The number of ether oxygens (including phenoxy) is 1. The highest BCUT2D eigenvalue weighted by Crippen LogP contribution is 2.49. The van der Waals surface area contributed by atoms with Gasteiger partial charge in [0.05, 0.1) is 6.61 Å². The third kappa shape index (κ3) is 3.86. The summed E-state index contributed by atoms with van der Waals surface area (Å²) in [5.41, 5.74) is 2.15. The van der Waals surface area contributed by atoms with Gasteiger partial charge in [0.15, 0.2) is 0 Å². The summed E-state index contributed by atoms with van der Waals surface area (Å²) in [4.78, 5) is 36.3. The van der Waals surface area contributed by atoms with Crippen LogP contribution in [0.5, 0.6) is 0 Å². The minimum atomic E-state index is -0.253. The quantitative estimate of drug-likeness (QED) is 0.637. The molecule has 0 radical (unpaired) electrons. The number of fused-ring (bicyclic) bond motifs is 4. The Morgan fingerprint density at radius 2 is 1.75 bits per heavy atom. The molecule has 4 aliphatic rings. The highest BCUT2D eigenvalue weighted by molar-refractivity contribution is 6.07. The van der Waals surface area contributed by atoms with Crippen molar-refractivity contribution >= 4 is 17.7 Å². The fraction of sp³-hybridized carbons (Fsp3) is 0.536. The summed E-state index contributed by atoms with van der Waals surface area (Å²) in [6.07, 6.45) is 8.94. The highest BCUT2D eigenvalue weighted by atomic mass is 19.1. The van der Waals surface area contributed by atoms with E-state index in [1.165, 1.54) is 6.07 Å². The van der Waals surface area contributed by atoms with Crippen LogP contribution in [0.2, 0.25) is 0 Å². The lowest BCUT2D eigenvalue weighted by Gasteiger charge is -2.47. The van der Waals surface area contributed by atoms with Crippen LogP contribution in [0.4, 0.5) is 14.9 Å². The Morgan fingerprint density at radius 3 is 2.42 bits per heavy atom. The molecular weight excluding hydrogens is 459 g/mol. The van der Waals surface area contributed by atoms with Crippen molar-refractivity contribution in [3.05, 3.63) is 59.7 Å². The van der Waals surface area contributed by atoms with Gasteiger partial charge >= 0.3 is 6.09 Å². The molecule has 2 amide bonds. The molecule has 1 aromatic carbocycles. The number of aromatic nitrogens is 1. The van der Waals surface area contributed by atoms with Crippen LogP contribution in [0.25, 0.3) is 0 Å². The molecule has 1 spiro atoms. The van der Waals surface area contributed by atoms with Gasteiger partial charge in [0.25, 0.3) is 5.91 Å². The van der Waals surface area contributed by atoms with Crippen molar-refractivity contribution in [3.8, 4) is 0 Å². The van der Waals surface area contributed by atoms with E-state index in [1.807, 2.05) is 16.7 Å². The number of hydrogen-bond acceptors (Lipinski definition) is 5. The van der Waals surface area contributed by atoms with E-state index in [1.54, 1.807) is 36.7 Å². The Kier molecular flexibility index (Phi) is 5.94. The highest BCUT2D eigenvalue weighted by Gasteiger charge is 2.50. The van der Waals surface area contributed by atoms with E-state index in [0.717, 1.165) is 62.9 Å². The number of carbonyl (C=O) groups excluding carboxylic acids is 2. The molecule has 7 nitrogen and oxygen atoms in total. The molecule has 36 heavy (non-hydrogen) atoms. The second-order valence-electron chi connectivity index (χ2n) is 10.7. The number of pyridine rings is 1. The fourth-order valence-corrected chi connectivity index (χ4v) is 7.16. The fourth-order valence-electron chi connectivity index (χ4n) is 7.16. The number of hydrogen-bond donors (Lipinski definition) is 0. The summed E-state index contributed by atoms with van der Waals surface area (Å²) in [7, 11) is 0. The van der Waals surface area contributed by atoms with Gasteiger partial charge in [0.2, 0.25) is 0 Å². The lowest BCUT2D eigenvalue weighted by atomic mass is 9.73. The molecule has 2 aromatic rings. The van der Waals surface area contributed by atoms with Gasteiger partial charge in [-0.15, -0.1) is 0 Å². The van der Waals surface area contributed by atoms with Crippen LogP contribution in [0.15, 0.2) is 42.7 Å². The van der Waals surface area contributed by atoms with E-state index >= 15 is 0 Å². The third-order valence-electron chi connectivity index (χ3n) is 8.91. The van der Waals surface area contributed by atoms with Crippen LogP contribution in [0, 0.1) is 5.82 Å². The molecule has 8 heteroatoms. The number of anilines is 1. The number of piperidine rings is 2. The first kappa shape index (κ1) is 23.4. The predicted molar refractivity (Wildman–Crippen MR) is 133 cm³/mol. The van der Waals surface area contributed by atoms with Crippen molar-refractivity contribution in [2.45, 2.75) is 69.0 Å². The molecule has 0 aliphatic carbocycles. The number of nitrogens with zero attached hydrogens (tertiary/aromatic N) is 4. The number of carbonyl (C=O) groups is 2. The Morgan fingerprint density at radius 1 is 1.06 bits per heavy atom. The summed E-state index contributed by atoms with van der Waals surface area (Å²) in [6, 6.07) is 9.29. The zero-order chi connectivity index (χ0) is 24.9. The Balaban J connectivity index is 1.18. The predicted octanol–water partition coefficient (Wildman–Crippen LogP) is 4.37. The monoisotopic (exact) mass is 492 g/mol. The first-order valence-corrected chi connectivity index (χ1v) is 13.2. The summed E-state index contributed by atoms with van der Waals surface area (Å²) in [6.45, 7) is 4.67. The van der Waals surface area contributed by atoms with Gasteiger partial charge in [0.1, 0.15) is 5.82 Å². The van der Waals surface area contributed by atoms with Gasteiger partial charge in [-0.2, -0.15) is 0 Å². The molecule has 2 unspecified atom stereocenters. The number of rotatable bonds is 3. The van der Waals surface area contributed by atoms with Gasteiger partial charge in [-0.1, -0.05) is 0 Å². The van der Waals surface area contributed by atoms with E-state index in [0.29, 0.717) is 24.8 Å². The first-order valence-electron chi connectivity index (χ1n) is 13.2. The maximum Gasteiger partial charge on any atom is 0.410 e. The van der Waals surface area contributed by atoms with Crippen LogP contribution in [-0.2, 0) is 10.2 Å². The van der Waals surface area contributed by atoms with Crippen molar-refractivity contribution in [2.75, 3.05) is 31.1 Å². The van der Waals surface area contributed by atoms with Crippen molar-refractivity contribution in [2.24, 2.45) is 0 Å². The summed E-state index contributed by atoms with van der Waals surface area (Å²) < 4.78 is 19.7. The molecule has 5 heterocycles. The number of benzene rings is 1. The largest absolute Gasteiger partial charge is 0.450 e. The van der Waals surface area contributed by atoms with Crippen LogP contribution < -0.4 is 4.90 Å². The van der Waals surface area contributed by atoms with Gasteiger partial charge in [-0.05, 0) is 94.4 Å². The summed E-state index contributed by atoms with van der Waals surface area (Å²) in [5, 5.41) is 0. The van der Waals surface area contributed by atoms with E-state index in [-0.39, 0.29) is 35.3 Å². The molecule has 2 bridgehead atoms. The smallest absolute Gasteiger partial charge is 0.410 e. The van der Waals surface area contributed by atoms with Crippen LogP contribution >= 0.6 is 0 Å². The standard InChI is InChI=1S/C28H33FN4O3/c1-2-36-27(35)33-21-4-5-22(33)17-23(16-21)31-13-9-28(10-14-31)18-32(25-6-3-20(29)15-24(25)28)26(34)19-7-11-30-12-8-19/h3,6-8,11-12,15,21-23H,2,4-5,9-10,13-14,16-18H2,1H3. The molecule has 3 fully saturated rings. The summed E-state index contributed by atoms with van der Waals surface area (Å²) in [5.74, 6) is -0.316. The molecule has 2 atom stereocenters. The topological polar surface area (TPSA) is 66.0 Å². The van der Waals surface area contributed by atoms with Crippen molar-refractivity contribution < 1.29 is 18.7 Å². The van der Waals surface area contributed by atoms with Crippen molar-refractivity contribution in [1.82, 2.24) is 14.8 Å². The molecule has 4 aliphatic heterocycles.